The number of nitrogens with one attached hydrogen (secondary N) is 1. The van der Waals surface area contributed by atoms with Gasteiger partial charge in [-0.15, -0.1) is 16.8 Å². The highest BCUT2D eigenvalue weighted by Crippen LogP contribution is 2.05. The third-order valence-electron chi connectivity index (χ3n) is 4.30. The molecule has 2 rings (SSSR count). The van der Waals surface area contributed by atoms with E-state index in [4.69, 9.17) is 4.99 Å². The molecule has 0 aliphatic rings. The van der Waals surface area contributed by atoms with Crippen LogP contribution < -0.4 is 5.32 Å². The molecule has 0 spiro atoms. The Hall–Kier alpha value is -2.37. The van der Waals surface area contributed by atoms with Gasteiger partial charge in [-0.2, -0.15) is 0 Å². The number of allylic oxidation sites excluding steroid dienone is 1. The molecule has 26 heavy (non-hydrogen) atoms. The van der Waals surface area contributed by atoms with Crippen LogP contribution in [0.1, 0.15) is 44.9 Å². The van der Waals surface area contributed by atoms with Crippen molar-refractivity contribution in [3.8, 4) is 0 Å². The van der Waals surface area contributed by atoms with Crippen LogP contribution in [-0.2, 0) is 6.42 Å². The summed E-state index contributed by atoms with van der Waals surface area (Å²) in [5.41, 5.74) is 0.899. The van der Waals surface area contributed by atoms with Crippen molar-refractivity contribution in [1.29, 1.82) is 0 Å². The molecule has 1 N–H and O–H groups in total. The van der Waals surface area contributed by atoms with Gasteiger partial charge in [0.1, 0.15) is 5.82 Å². The minimum Gasteiger partial charge on any atom is -0.357 e. The molecule has 142 valence electrons. The fraction of sp³-hybridized carbons (Fsp3) is 0.550. The summed E-state index contributed by atoms with van der Waals surface area (Å²) in [4.78, 5) is 6.99. The second-order valence-electron chi connectivity index (χ2n) is 6.44. The lowest BCUT2D eigenvalue weighted by Gasteiger charge is -2.22. The van der Waals surface area contributed by atoms with Crippen LogP contribution in [0.4, 0.5) is 0 Å². The lowest BCUT2D eigenvalue weighted by Crippen LogP contribution is -2.39. The lowest BCUT2D eigenvalue weighted by molar-refractivity contribution is 0.455. The van der Waals surface area contributed by atoms with Crippen molar-refractivity contribution in [2.24, 2.45) is 4.99 Å². The first-order valence-electron chi connectivity index (χ1n) is 9.65. The number of aliphatic imine (C=N–C) groups is 1. The Balaban J connectivity index is 1.79. The highest BCUT2D eigenvalue weighted by molar-refractivity contribution is 5.79. The Morgan fingerprint density at radius 1 is 1.27 bits per heavy atom. The monoisotopic (exact) mass is 356 g/mol. The van der Waals surface area contributed by atoms with Gasteiger partial charge < -0.3 is 10.2 Å². The number of pyridine rings is 1. The molecule has 0 fully saturated rings. The van der Waals surface area contributed by atoms with Crippen molar-refractivity contribution in [3.05, 3.63) is 42.9 Å². The summed E-state index contributed by atoms with van der Waals surface area (Å²) in [5.74, 6) is 1.98. The number of nitrogens with zero attached hydrogens (tertiary/aromatic N) is 5. The summed E-state index contributed by atoms with van der Waals surface area (Å²) >= 11 is 0. The minimum absolute atomic E-state index is 0.783. The molecule has 0 aliphatic carbocycles. The Labute approximate surface area is 157 Å². The van der Waals surface area contributed by atoms with E-state index in [1.165, 1.54) is 19.3 Å². The molecule has 0 bridgehead atoms. The molecule has 2 heterocycles. The maximum Gasteiger partial charge on any atom is 0.193 e. The van der Waals surface area contributed by atoms with E-state index in [1.807, 2.05) is 34.9 Å². The van der Waals surface area contributed by atoms with Crippen molar-refractivity contribution in [2.45, 2.75) is 45.4 Å². The van der Waals surface area contributed by atoms with E-state index in [1.54, 1.807) is 0 Å². The quantitative estimate of drug-likeness (QED) is 0.290. The van der Waals surface area contributed by atoms with Gasteiger partial charge >= 0.3 is 0 Å². The fourth-order valence-corrected chi connectivity index (χ4v) is 2.87. The number of aryl methyl sites for hydroxylation is 1. The number of rotatable bonds is 11. The van der Waals surface area contributed by atoms with Crippen LogP contribution in [0, 0.1) is 0 Å². The fourth-order valence-electron chi connectivity index (χ4n) is 2.87. The Kier molecular flexibility index (Phi) is 8.66. The average Bonchev–Trinajstić information content (AvgIpc) is 3.07. The molecule has 0 amide bonds. The van der Waals surface area contributed by atoms with Crippen LogP contribution in [-0.4, -0.2) is 52.1 Å². The van der Waals surface area contributed by atoms with Crippen molar-refractivity contribution in [1.82, 2.24) is 24.8 Å². The van der Waals surface area contributed by atoms with Crippen LogP contribution in [0.5, 0.6) is 0 Å². The van der Waals surface area contributed by atoms with Crippen LogP contribution in [0.2, 0.25) is 0 Å². The lowest BCUT2D eigenvalue weighted by atomic mass is 10.2. The molecule has 0 aliphatic heterocycles. The maximum absolute atomic E-state index is 4.77. The first-order chi connectivity index (χ1) is 12.8. The molecule has 0 radical (unpaired) electrons. The summed E-state index contributed by atoms with van der Waals surface area (Å²) in [6.45, 7) is 8.57. The second kappa shape index (κ2) is 11.3. The van der Waals surface area contributed by atoms with Gasteiger partial charge in [0.05, 0.1) is 0 Å². The van der Waals surface area contributed by atoms with Crippen molar-refractivity contribution < 1.29 is 0 Å². The average molecular weight is 357 g/mol. The summed E-state index contributed by atoms with van der Waals surface area (Å²) in [7, 11) is 2.11. The van der Waals surface area contributed by atoms with E-state index in [9.17, 15) is 0 Å². The molecule has 6 heteroatoms. The minimum atomic E-state index is 0.783. The molecule has 2 aromatic rings. The zero-order valence-electron chi connectivity index (χ0n) is 16.2. The SMILES string of the molecule is C=CCCCCCN(C)C(=NCCCc1nnc2ccccn12)NCC. The summed E-state index contributed by atoms with van der Waals surface area (Å²) in [6.07, 6.45) is 10.6. The van der Waals surface area contributed by atoms with Crippen LogP contribution in [0.3, 0.4) is 0 Å². The van der Waals surface area contributed by atoms with E-state index < -0.39 is 0 Å². The van der Waals surface area contributed by atoms with Crippen LogP contribution in [0.15, 0.2) is 42.0 Å². The molecule has 0 saturated heterocycles. The predicted molar refractivity (Wildman–Crippen MR) is 109 cm³/mol. The standard InChI is InChI=1S/C20H32N6/c1-4-6-7-8-10-16-25(3)20(21-5-2)22-15-12-14-19-24-23-18-13-9-11-17-26(18)19/h4,9,11,13,17H,1,5-8,10,12,14-16H2,2-3H3,(H,21,22). The second-order valence-corrected chi connectivity index (χ2v) is 6.44. The maximum atomic E-state index is 4.77. The van der Waals surface area contributed by atoms with E-state index in [0.717, 1.165) is 56.3 Å². The first-order valence-corrected chi connectivity index (χ1v) is 9.65. The third kappa shape index (κ3) is 6.17. The van der Waals surface area contributed by atoms with Crippen molar-refractivity contribution in [3.63, 3.8) is 0 Å². The number of guanidine groups is 1. The van der Waals surface area contributed by atoms with Gasteiger partial charge in [-0.1, -0.05) is 18.6 Å². The van der Waals surface area contributed by atoms with E-state index in [2.05, 4.69) is 41.0 Å². The molecular weight excluding hydrogens is 324 g/mol. The van der Waals surface area contributed by atoms with Gasteiger partial charge in [0, 0.05) is 39.3 Å². The zero-order valence-corrected chi connectivity index (χ0v) is 16.2. The highest BCUT2D eigenvalue weighted by atomic mass is 15.3. The smallest absolute Gasteiger partial charge is 0.193 e. The van der Waals surface area contributed by atoms with E-state index in [-0.39, 0.29) is 0 Å². The van der Waals surface area contributed by atoms with E-state index >= 15 is 0 Å². The van der Waals surface area contributed by atoms with Crippen molar-refractivity contribution >= 4 is 11.6 Å². The summed E-state index contributed by atoms with van der Waals surface area (Å²) in [6, 6.07) is 5.96. The number of fused-ring (bicyclic) bond motifs is 1. The molecule has 0 atom stereocenters. The van der Waals surface area contributed by atoms with Gasteiger partial charge in [0.2, 0.25) is 0 Å². The molecule has 0 saturated carbocycles. The summed E-state index contributed by atoms with van der Waals surface area (Å²) in [5, 5.41) is 11.9. The predicted octanol–water partition coefficient (Wildman–Crippen LogP) is 3.31. The zero-order chi connectivity index (χ0) is 18.6. The van der Waals surface area contributed by atoms with Gasteiger partial charge in [0.25, 0.3) is 0 Å². The van der Waals surface area contributed by atoms with Gasteiger partial charge in [-0.25, -0.2) is 0 Å². The number of hydrogen-bond donors (Lipinski definition) is 1. The highest BCUT2D eigenvalue weighted by Gasteiger charge is 2.06. The molecule has 6 nitrogen and oxygen atoms in total. The van der Waals surface area contributed by atoms with Gasteiger partial charge in [0.15, 0.2) is 11.6 Å². The Morgan fingerprint density at radius 3 is 2.96 bits per heavy atom. The largest absolute Gasteiger partial charge is 0.357 e. The molecule has 0 unspecified atom stereocenters. The molecule has 2 aromatic heterocycles. The number of aromatic nitrogens is 3. The Bertz CT molecular complexity index is 690. The Morgan fingerprint density at radius 2 is 2.15 bits per heavy atom. The number of hydrogen-bond acceptors (Lipinski definition) is 3. The first kappa shape index (κ1) is 19.9. The number of unbranched alkanes of at least 4 members (excludes halogenated alkanes) is 3. The third-order valence-corrected chi connectivity index (χ3v) is 4.30. The summed E-state index contributed by atoms with van der Waals surface area (Å²) < 4.78 is 2.05. The topological polar surface area (TPSA) is 57.8 Å². The van der Waals surface area contributed by atoms with Crippen molar-refractivity contribution in [2.75, 3.05) is 26.7 Å². The van der Waals surface area contributed by atoms with Gasteiger partial charge in [-0.3, -0.25) is 9.39 Å². The molecular formula is C20H32N6. The molecule has 0 aromatic carbocycles. The van der Waals surface area contributed by atoms with E-state index in [0.29, 0.717) is 0 Å². The van der Waals surface area contributed by atoms with Crippen LogP contribution >= 0.6 is 0 Å². The normalized spacial score (nSPS) is 11.7. The van der Waals surface area contributed by atoms with Crippen LogP contribution in [0.25, 0.3) is 5.65 Å². The van der Waals surface area contributed by atoms with Gasteiger partial charge in [-0.05, 0) is 44.7 Å².